The second-order valence-corrected chi connectivity index (χ2v) is 7.36. The van der Waals surface area contributed by atoms with Crippen LogP contribution >= 0.6 is 7.60 Å². The maximum absolute atomic E-state index is 12.9. The lowest BCUT2D eigenvalue weighted by Crippen LogP contribution is -2.14. The van der Waals surface area contributed by atoms with Gasteiger partial charge in [0.25, 0.3) is 0 Å². The zero-order valence-corrected chi connectivity index (χ0v) is 15.2. The maximum Gasteiger partial charge on any atom is 0.356 e. The van der Waals surface area contributed by atoms with Gasteiger partial charge in [0, 0.05) is 37.9 Å². The molecule has 8 heteroatoms. The molecule has 2 rings (SSSR count). The molecule has 1 heterocycles. The van der Waals surface area contributed by atoms with Gasteiger partial charge in [0.2, 0.25) is 0 Å². The van der Waals surface area contributed by atoms with Crippen LogP contribution in [0, 0.1) is 0 Å². The molecule has 0 fully saturated rings. The molecular weight excluding hydrogens is 343 g/mol. The number of aromatic nitrogens is 1. The predicted octanol–water partition coefficient (Wildman–Crippen LogP) is 3.85. The van der Waals surface area contributed by atoms with Crippen LogP contribution in [0.5, 0.6) is 0 Å². The summed E-state index contributed by atoms with van der Waals surface area (Å²) in [6.07, 6.45) is 3.22. The molecule has 1 aromatic carbocycles. The van der Waals surface area contributed by atoms with Crippen molar-refractivity contribution < 1.29 is 23.1 Å². The second-order valence-electron chi connectivity index (χ2n) is 5.04. The van der Waals surface area contributed by atoms with Crippen molar-refractivity contribution in [1.29, 1.82) is 0 Å². The van der Waals surface area contributed by atoms with Gasteiger partial charge in [0.05, 0.1) is 12.2 Å². The first-order valence-corrected chi connectivity index (χ1v) is 9.30. The van der Waals surface area contributed by atoms with E-state index in [4.69, 9.17) is 13.8 Å². The van der Waals surface area contributed by atoms with Gasteiger partial charge < -0.3 is 19.1 Å². The normalized spacial score (nSPS) is 12.4. The number of pyridine rings is 1. The largest absolute Gasteiger partial charge is 0.462 e. The molecule has 0 saturated carbocycles. The van der Waals surface area contributed by atoms with Crippen LogP contribution in [0.25, 0.3) is 0 Å². The van der Waals surface area contributed by atoms with Gasteiger partial charge in [-0.2, -0.15) is 0 Å². The molecule has 2 aromatic rings. The van der Waals surface area contributed by atoms with Crippen LogP contribution < -0.4 is 5.32 Å². The highest BCUT2D eigenvalue weighted by Gasteiger charge is 2.35. The summed E-state index contributed by atoms with van der Waals surface area (Å²) in [5.74, 6) is -1.14. The first kappa shape index (κ1) is 19.1. The summed E-state index contributed by atoms with van der Waals surface area (Å²) in [7, 11) is -0.798. The number of carbonyl (C=O) groups excluding carboxylic acids is 1. The molecule has 0 spiro atoms. The van der Waals surface area contributed by atoms with Crippen LogP contribution in [-0.4, -0.2) is 31.8 Å². The van der Waals surface area contributed by atoms with Crippen LogP contribution in [0.1, 0.15) is 28.6 Å². The van der Waals surface area contributed by atoms with Crippen LogP contribution in [0.2, 0.25) is 0 Å². The van der Waals surface area contributed by atoms with E-state index in [1.54, 1.807) is 55.7 Å². The summed E-state index contributed by atoms with van der Waals surface area (Å²) in [5.41, 5.74) is 1.74. The van der Waals surface area contributed by atoms with Crippen LogP contribution in [0.15, 0.2) is 48.8 Å². The molecule has 0 bridgehead atoms. The summed E-state index contributed by atoms with van der Waals surface area (Å²) in [4.78, 5) is 15.8. The Kier molecular flexibility index (Phi) is 6.70. The lowest BCUT2D eigenvalue weighted by atomic mass is 10.2. The fourth-order valence-electron chi connectivity index (χ4n) is 2.24. The van der Waals surface area contributed by atoms with Gasteiger partial charge in [-0.3, -0.25) is 9.55 Å². The maximum atomic E-state index is 12.9. The first-order valence-electron chi connectivity index (χ1n) is 7.69. The van der Waals surface area contributed by atoms with Gasteiger partial charge in [-0.25, -0.2) is 4.79 Å². The summed E-state index contributed by atoms with van der Waals surface area (Å²) < 4.78 is 28.1. The Hall–Kier alpha value is -2.21. The highest BCUT2D eigenvalue weighted by atomic mass is 31.2. The molecule has 0 radical (unpaired) electrons. The van der Waals surface area contributed by atoms with E-state index >= 15 is 0 Å². The average Bonchev–Trinajstić information content (AvgIpc) is 2.67. The van der Waals surface area contributed by atoms with Gasteiger partial charge in [-0.1, -0.05) is 6.07 Å². The van der Waals surface area contributed by atoms with Gasteiger partial charge >= 0.3 is 13.6 Å². The molecule has 134 valence electrons. The number of esters is 1. The van der Waals surface area contributed by atoms with Gasteiger partial charge in [-0.05, 0) is 37.3 Å². The Balaban J connectivity index is 2.28. The first-order chi connectivity index (χ1) is 12.0. The molecule has 0 aliphatic heterocycles. The summed E-state index contributed by atoms with van der Waals surface area (Å²) >= 11 is 0. The lowest BCUT2D eigenvalue weighted by Gasteiger charge is -2.26. The fraction of sp³-hybridized carbons (Fsp3) is 0.294. The SMILES string of the molecule is CCOC(=O)c1ccc(NC(c2cccnc2)P(=O)(OC)OC)cc1. The summed E-state index contributed by atoms with van der Waals surface area (Å²) in [5, 5.41) is 3.13. The van der Waals surface area contributed by atoms with Crippen molar-refractivity contribution in [3.63, 3.8) is 0 Å². The van der Waals surface area contributed by atoms with Gasteiger partial charge in [0.1, 0.15) is 0 Å². The van der Waals surface area contributed by atoms with Crippen molar-refractivity contribution in [3.8, 4) is 0 Å². The minimum Gasteiger partial charge on any atom is -0.462 e. The van der Waals surface area contributed by atoms with Crippen LogP contribution in [0.3, 0.4) is 0 Å². The molecule has 0 amide bonds. The van der Waals surface area contributed by atoms with E-state index < -0.39 is 19.3 Å². The number of anilines is 1. The van der Waals surface area contributed by atoms with Crippen LogP contribution in [0.4, 0.5) is 5.69 Å². The van der Waals surface area contributed by atoms with E-state index in [1.165, 1.54) is 14.2 Å². The molecule has 0 aliphatic carbocycles. The Morgan fingerprint density at radius 3 is 2.40 bits per heavy atom. The molecular formula is C17H21N2O5P. The van der Waals surface area contributed by atoms with Crippen molar-refractivity contribution in [2.45, 2.75) is 12.7 Å². The molecule has 1 atom stereocenters. The van der Waals surface area contributed by atoms with Crippen molar-refractivity contribution in [1.82, 2.24) is 4.98 Å². The number of rotatable bonds is 8. The van der Waals surface area contributed by atoms with Crippen LogP contribution in [-0.2, 0) is 18.3 Å². The Morgan fingerprint density at radius 2 is 1.88 bits per heavy atom. The zero-order valence-electron chi connectivity index (χ0n) is 14.3. The van der Waals surface area contributed by atoms with Crippen molar-refractivity contribution in [2.75, 3.05) is 26.1 Å². The highest BCUT2D eigenvalue weighted by molar-refractivity contribution is 7.54. The summed E-state index contributed by atoms with van der Waals surface area (Å²) in [6.45, 7) is 2.06. The molecule has 1 unspecified atom stereocenters. The number of carbonyl (C=O) groups is 1. The second kappa shape index (κ2) is 8.76. The topological polar surface area (TPSA) is 86.8 Å². The number of nitrogens with zero attached hydrogens (tertiary/aromatic N) is 1. The quantitative estimate of drug-likeness (QED) is 0.562. The average molecular weight is 364 g/mol. The van der Waals surface area contributed by atoms with Crippen molar-refractivity contribution in [3.05, 3.63) is 59.9 Å². The van der Waals surface area contributed by atoms with E-state index in [0.29, 0.717) is 23.4 Å². The smallest absolute Gasteiger partial charge is 0.356 e. The third kappa shape index (κ3) is 4.66. The Morgan fingerprint density at radius 1 is 1.20 bits per heavy atom. The van der Waals surface area contributed by atoms with E-state index in [-0.39, 0.29) is 0 Å². The molecule has 1 N–H and O–H groups in total. The lowest BCUT2D eigenvalue weighted by molar-refractivity contribution is 0.0526. The minimum absolute atomic E-state index is 0.312. The third-order valence-corrected chi connectivity index (χ3v) is 5.60. The minimum atomic E-state index is -3.46. The zero-order chi connectivity index (χ0) is 18.3. The molecule has 7 nitrogen and oxygen atoms in total. The number of hydrogen-bond donors (Lipinski definition) is 1. The fourth-order valence-corrected chi connectivity index (χ4v) is 3.64. The molecule has 0 aliphatic rings. The number of hydrogen-bond acceptors (Lipinski definition) is 7. The predicted molar refractivity (Wildman–Crippen MR) is 94.6 cm³/mol. The van der Waals surface area contributed by atoms with Crippen molar-refractivity contribution in [2.24, 2.45) is 0 Å². The Bertz CT molecular complexity index is 728. The van der Waals surface area contributed by atoms with E-state index in [0.717, 1.165) is 0 Å². The number of ether oxygens (including phenoxy) is 1. The van der Waals surface area contributed by atoms with Gasteiger partial charge in [-0.15, -0.1) is 0 Å². The van der Waals surface area contributed by atoms with E-state index in [1.807, 2.05) is 0 Å². The Labute approximate surface area is 146 Å². The third-order valence-electron chi connectivity index (χ3n) is 3.52. The summed E-state index contributed by atoms with van der Waals surface area (Å²) in [6, 6.07) is 10.2. The highest BCUT2D eigenvalue weighted by Crippen LogP contribution is 2.59. The number of nitrogens with one attached hydrogen (secondary N) is 1. The van der Waals surface area contributed by atoms with E-state index in [2.05, 4.69) is 10.3 Å². The molecule has 25 heavy (non-hydrogen) atoms. The van der Waals surface area contributed by atoms with E-state index in [9.17, 15) is 9.36 Å². The monoisotopic (exact) mass is 364 g/mol. The molecule has 1 aromatic heterocycles. The molecule has 0 saturated heterocycles. The van der Waals surface area contributed by atoms with Gasteiger partial charge in [0.15, 0.2) is 5.78 Å². The number of benzene rings is 1. The standard InChI is InChI=1S/C17H21N2O5P/c1-4-24-17(20)13-7-9-15(10-8-13)19-16(25(21,22-2)23-3)14-6-5-11-18-12-14/h5-12,16,19H,4H2,1-3H3. The van der Waals surface area contributed by atoms with Crippen molar-refractivity contribution >= 4 is 19.3 Å².